The Morgan fingerprint density at radius 2 is 1.86 bits per heavy atom. The molecular formula is C17H18ClNO2. The lowest BCUT2D eigenvalue weighted by Gasteiger charge is -2.12. The van der Waals surface area contributed by atoms with Crippen LogP contribution in [0, 0.1) is 13.8 Å². The maximum absolute atomic E-state index is 12.4. The fraction of sp³-hybridized carbons (Fsp3) is 0.235. The van der Waals surface area contributed by atoms with Crippen LogP contribution in [0.5, 0.6) is 5.75 Å². The first-order chi connectivity index (χ1) is 10.0. The Kier molecular flexibility index (Phi) is 4.86. The molecular weight excluding hydrogens is 286 g/mol. The number of carbonyl (C=O) groups is 1. The fourth-order valence-electron chi connectivity index (χ4n) is 2.11. The second-order valence-corrected chi connectivity index (χ2v) is 5.21. The monoisotopic (exact) mass is 303 g/mol. The van der Waals surface area contributed by atoms with Crippen LogP contribution in [0.2, 0.25) is 5.02 Å². The van der Waals surface area contributed by atoms with E-state index in [1.165, 1.54) is 0 Å². The van der Waals surface area contributed by atoms with Gasteiger partial charge in [-0.1, -0.05) is 29.8 Å². The average Bonchev–Trinajstić information content (AvgIpc) is 2.45. The molecule has 1 amide bonds. The van der Waals surface area contributed by atoms with Crippen LogP contribution >= 0.6 is 11.6 Å². The van der Waals surface area contributed by atoms with Gasteiger partial charge < -0.3 is 10.1 Å². The molecule has 0 atom stereocenters. The predicted octanol–water partition coefficient (Wildman–Crippen LogP) is 4.61. The van der Waals surface area contributed by atoms with Crippen molar-refractivity contribution in [3.8, 4) is 5.75 Å². The second kappa shape index (κ2) is 6.64. The zero-order valence-corrected chi connectivity index (χ0v) is 13.1. The molecule has 0 aliphatic rings. The lowest BCUT2D eigenvalue weighted by Crippen LogP contribution is -2.14. The summed E-state index contributed by atoms with van der Waals surface area (Å²) in [7, 11) is 0. The van der Waals surface area contributed by atoms with Crippen molar-refractivity contribution in [1.29, 1.82) is 0 Å². The van der Waals surface area contributed by atoms with Crippen molar-refractivity contribution in [2.75, 3.05) is 11.9 Å². The number of halogens is 1. The molecule has 110 valence electrons. The molecule has 4 heteroatoms. The Hall–Kier alpha value is -2.00. The van der Waals surface area contributed by atoms with Gasteiger partial charge in [-0.2, -0.15) is 0 Å². The highest BCUT2D eigenvalue weighted by Crippen LogP contribution is 2.26. The van der Waals surface area contributed by atoms with Gasteiger partial charge in [-0.25, -0.2) is 0 Å². The highest BCUT2D eigenvalue weighted by Gasteiger charge is 2.12. The van der Waals surface area contributed by atoms with E-state index in [0.717, 1.165) is 16.8 Å². The van der Waals surface area contributed by atoms with Gasteiger partial charge in [0, 0.05) is 11.3 Å². The van der Waals surface area contributed by atoms with Gasteiger partial charge in [0.25, 0.3) is 5.91 Å². The van der Waals surface area contributed by atoms with Gasteiger partial charge in [-0.15, -0.1) is 0 Å². The third kappa shape index (κ3) is 3.56. The van der Waals surface area contributed by atoms with Gasteiger partial charge in [0.2, 0.25) is 0 Å². The molecule has 0 spiro atoms. The Balaban J connectivity index is 2.26. The largest absolute Gasteiger partial charge is 0.492 e. The summed E-state index contributed by atoms with van der Waals surface area (Å²) < 4.78 is 5.41. The summed E-state index contributed by atoms with van der Waals surface area (Å²) in [4.78, 5) is 12.4. The number of rotatable bonds is 4. The lowest BCUT2D eigenvalue weighted by atomic mass is 10.1. The van der Waals surface area contributed by atoms with E-state index in [0.29, 0.717) is 22.9 Å². The smallest absolute Gasteiger partial charge is 0.255 e. The number of ether oxygens (including phenoxy) is 1. The number of aryl methyl sites for hydroxylation is 2. The maximum atomic E-state index is 12.4. The van der Waals surface area contributed by atoms with Crippen LogP contribution in [-0.2, 0) is 0 Å². The van der Waals surface area contributed by atoms with E-state index >= 15 is 0 Å². The normalized spacial score (nSPS) is 10.3. The molecule has 0 bridgehead atoms. The number of para-hydroxylation sites is 1. The highest BCUT2D eigenvalue weighted by molar-refractivity contribution is 6.32. The molecule has 0 saturated heterocycles. The first-order valence-corrected chi connectivity index (χ1v) is 7.20. The highest BCUT2D eigenvalue weighted by atomic mass is 35.5. The zero-order chi connectivity index (χ0) is 15.4. The Morgan fingerprint density at radius 3 is 2.48 bits per heavy atom. The van der Waals surface area contributed by atoms with Crippen molar-refractivity contribution in [2.45, 2.75) is 20.8 Å². The Morgan fingerprint density at radius 1 is 1.19 bits per heavy atom. The van der Waals surface area contributed by atoms with Crippen LogP contribution in [0.1, 0.15) is 28.4 Å². The summed E-state index contributed by atoms with van der Waals surface area (Å²) in [5, 5.41) is 3.45. The molecule has 0 heterocycles. The number of carbonyl (C=O) groups excluding carboxylic acids is 1. The van der Waals surface area contributed by atoms with E-state index in [-0.39, 0.29) is 5.91 Å². The minimum absolute atomic E-state index is 0.176. The molecule has 2 aromatic carbocycles. The van der Waals surface area contributed by atoms with Crippen molar-refractivity contribution >= 4 is 23.2 Å². The van der Waals surface area contributed by atoms with Gasteiger partial charge >= 0.3 is 0 Å². The Labute approximate surface area is 129 Å². The van der Waals surface area contributed by atoms with E-state index < -0.39 is 0 Å². The molecule has 3 nitrogen and oxygen atoms in total. The van der Waals surface area contributed by atoms with E-state index in [9.17, 15) is 4.79 Å². The molecule has 0 aromatic heterocycles. The van der Waals surface area contributed by atoms with Crippen LogP contribution in [0.25, 0.3) is 0 Å². The van der Waals surface area contributed by atoms with Crippen molar-refractivity contribution in [1.82, 2.24) is 0 Å². The number of anilines is 1. The molecule has 0 saturated carbocycles. The molecule has 0 unspecified atom stereocenters. The quantitative estimate of drug-likeness (QED) is 0.896. The van der Waals surface area contributed by atoms with E-state index in [1.807, 2.05) is 39.0 Å². The van der Waals surface area contributed by atoms with E-state index in [2.05, 4.69) is 5.32 Å². The van der Waals surface area contributed by atoms with Crippen molar-refractivity contribution in [3.05, 3.63) is 58.1 Å². The van der Waals surface area contributed by atoms with Gasteiger partial charge in [0.15, 0.2) is 0 Å². The fourth-order valence-corrected chi connectivity index (χ4v) is 2.28. The van der Waals surface area contributed by atoms with Crippen LogP contribution < -0.4 is 10.1 Å². The summed E-state index contributed by atoms with van der Waals surface area (Å²) in [6, 6.07) is 10.9. The molecule has 2 aromatic rings. The molecule has 0 radical (unpaired) electrons. The third-order valence-corrected chi connectivity index (χ3v) is 3.53. The predicted molar refractivity (Wildman–Crippen MR) is 86.5 cm³/mol. The van der Waals surface area contributed by atoms with Gasteiger partial charge in [0.1, 0.15) is 5.75 Å². The van der Waals surface area contributed by atoms with Crippen LogP contribution in [-0.4, -0.2) is 12.5 Å². The standard InChI is InChI=1S/C17H18ClNO2/c1-4-21-15-10-13(8-9-14(15)18)17(20)19-16-11(2)6-5-7-12(16)3/h5-10H,4H2,1-3H3,(H,19,20). The van der Waals surface area contributed by atoms with Gasteiger partial charge in [-0.3, -0.25) is 4.79 Å². The molecule has 21 heavy (non-hydrogen) atoms. The van der Waals surface area contributed by atoms with Crippen molar-refractivity contribution in [2.24, 2.45) is 0 Å². The zero-order valence-electron chi connectivity index (χ0n) is 12.4. The number of hydrogen-bond donors (Lipinski definition) is 1. The van der Waals surface area contributed by atoms with Crippen molar-refractivity contribution in [3.63, 3.8) is 0 Å². The van der Waals surface area contributed by atoms with Crippen molar-refractivity contribution < 1.29 is 9.53 Å². The lowest BCUT2D eigenvalue weighted by molar-refractivity contribution is 0.102. The SMILES string of the molecule is CCOc1cc(C(=O)Nc2c(C)cccc2C)ccc1Cl. The van der Waals surface area contributed by atoms with Crippen LogP contribution in [0.3, 0.4) is 0 Å². The molecule has 0 aliphatic carbocycles. The minimum atomic E-state index is -0.176. The van der Waals surface area contributed by atoms with Gasteiger partial charge in [0.05, 0.1) is 11.6 Å². The van der Waals surface area contributed by atoms with Crippen LogP contribution in [0.15, 0.2) is 36.4 Å². The topological polar surface area (TPSA) is 38.3 Å². The van der Waals surface area contributed by atoms with Gasteiger partial charge in [-0.05, 0) is 50.1 Å². The summed E-state index contributed by atoms with van der Waals surface area (Å²) in [6.45, 7) is 6.31. The average molecular weight is 304 g/mol. The summed E-state index contributed by atoms with van der Waals surface area (Å²) in [5.41, 5.74) is 3.42. The number of nitrogens with one attached hydrogen (secondary N) is 1. The molecule has 0 fully saturated rings. The number of hydrogen-bond acceptors (Lipinski definition) is 2. The Bertz CT molecular complexity index is 648. The summed E-state index contributed by atoms with van der Waals surface area (Å²) >= 11 is 6.03. The second-order valence-electron chi connectivity index (χ2n) is 4.80. The molecule has 1 N–H and O–H groups in total. The summed E-state index contributed by atoms with van der Waals surface area (Å²) in [5.74, 6) is 0.346. The molecule has 0 aliphatic heterocycles. The third-order valence-electron chi connectivity index (χ3n) is 3.21. The first-order valence-electron chi connectivity index (χ1n) is 6.83. The van der Waals surface area contributed by atoms with E-state index in [4.69, 9.17) is 16.3 Å². The maximum Gasteiger partial charge on any atom is 0.255 e. The summed E-state index contributed by atoms with van der Waals surface area (Å²) in [6.07, 6.45) is 0. The minimum Gasteiger partial charge on any atom is -0.492 e. The van der Waals surface area contributed by atoms with E-state index in [1.54, 1.807) is 18.2 Å². The molecule has 2 rings (SSSR count). The van der Waals surface area contributed by atoms with Crippen LogP contribution in [0.4, 0.5) is 5.69 Å². The number of benzene rings is 2. The first kappa shape index (κ1) is 15.4. The number of amides is 1.